The summed E-state index contributed by atoms with van der Waals surface area (Å²) in [6.07, 6.45) is 14.0. The number of nitrogens with one attached hydrogen (secondary N) is 2. The van der Waals surface area contributed by atoms with E-state index in [0.717, 1.165) is 13.0 Å². The molecule has 2 aliphatic heterocycles. The normalized spacial score (nSPS) is 27.1. The van der Waals surface area contributed by atoms with Crippen molar-refractivity contribution in [3.05, 3.63) is 70.5 Å². The summed E-state index contributed by atoms with van der Waals surface area (Å²) < 4.78 is 0. The summed E-state index contributed by atoms with van der Waals surface area (Å²) in [6, 6.07) is 9.94. The van der Waals surface area contributed by atoms with Crippen molar-refractivity contribution in [2.24, 2.45) is 0 Å². The molecule has 2 atom stereocenters. The molecule has 126 valence electrons. The smallest absolute Gasteiger partial charge is 0.0418 e. The van der Waals surface area contributed by atoms with Crippen molar-refractivity contribution in [1.82, 2.24) is 10.6 Å². The lowest BCUT2D eigenvalue weighted by Crippen LogP contribution is -2.50. The van der Waals surface area contributed by atoms with Crippen LogP contribution in [0.1, 0.15) is 50.2 Å². The highest BCUT2D eigenvalue weighted by Crippen LogP contribution is 2.29. The molecule has 3 aliphatic rings. The Hall–Kier alpha value is -1.80. The molecule has 4 rings (SSSR count). The second-order valence-corrected chi connectivity index (χ2v) is 7.42. The number of benzene rings is 1. The van der Waals surface area contributed by atoms with Gasteiger partial charge in [-0.05, 0) is 67.7 Å². The van der Waals surface area contributed by atoms with Gasteiger partial charge in [-0.25, -0.2) is 0 Å². The third-order valence-electron chi connectivity index (χ3n) is 5.76. The van der Waals surface area contributed by atoms with Gasteiger partial charge in [0.25, 0.3) is 0 Å². The second kappa shape index (κ2) is 6.98. The van der Waals surface area contributed by atoms with Gasteiger partial charge < -0.3 is 10.6 Å². The molecule has 2 heteroatoms. The van der Waals surface area contributed by atoms with E-state index in [1.807, 2.05) is 0 Å². The van der Waals surface area contributed by atoms with E-state index in [4.69, 9.17) is 0 Å². The van der Waals surface area contributed by atoms with Gasteiger partial charge in [-0.2, -0.15) is 0 Å². The molecule has 24 heavy (non-hydrogen) atoms. The predicted octanol–water partition coefficient (Wildman–Crippen LogP) is 4.39. The van der Waals surface area contributed by atoms with Gasteiger partial charge in [0.05, 0.1) is 0 Å². The lowest BCUT2D eigenvalue weighted by molar-refractivity contribution is 0.354. The van der Waals surface area contributed by atoms with Crippen LogP contribution >= 0.6 is 0 Å². The molecule has 0 aromatic heterocycles. The van der Waals surface area contributed by atoms with Gasteiger partial charge in [0.15, 0.2) is 0 Å². The lowest BCUT2D eigenvalue weighted by Gasteiger charge is -2.34. The summed E-state index contributed by atoms with van der Waals surface area (Å²) in [5, 5.41) is 7.74. The Labute approximate surface area is 145 Å². The quantitative estimate of drug-likeness (QED) is 0.844. The Balaban J connectivity index is 1.54. The van der Waals surface area contributed by atoms with Gasteiger partial charge in [0.1, 0.15) is 0 Å². The molecule has 2 heterocycles. The molecule has 0 saturated carbocycles. The fourth-order valence-corrected chi connectivity index (χ4v) is 4.34. The van der Waals surface area contributed by atoms with Crippen molar-refractivity contribution >= 4 is 0 Å². The monoisotopic (exact) mass is 320 g/mol. The topological polar surface area (TPSA) is 24.1 Å². The van der Waals surface area contributed by atoms with Crippen molar-refractivity contribution in [2.45, 2.75) is 64.1 Å². The van der Waals surface area contributed by atoms with E-state index in [0.29, 0.717) is 12.1 Å². The van der Waals surface area contributed by atoms with E-state index in [9.17, 15) is 0 Å². The second-order valence-electron chi connectivity index (χ2n) is 7.42. The van der Waals surface area contributed by atoms with Crippen LogP contribution in [0.3, 0.4) is 0 Å². The molecule has 1 aliphatic carbocycles. The van der Waals surface area contributed by atoms with Gasteiger partial charge >= 0.3 is 0 Å². The van der Waals surface area contributed by atoms with Crippen LogP contribution in [0.25, 0.3) is 0 Å². The molecule has 1 unspecified atom stereocenters. The zero-order chi connectivity index (χ0) is 16.4. The summed E-state index contributed by atoms with van der Waals surface area (Å²) in [4.78, 5) is 0. The minimum Gasteiger partial charge on any atom is -0.381 e. The zero-order valence-electron chi connectivity index (χ0n) is 14.6. The Morgan fingerprint density at radius 2 is 1.92 bits per heavy atom. The van der Waals surface area contributed by atoms with E-state index in [1.165, 1.54) is 60.1 Å². The first-order valence-corrected chi connectivity index (χ1v) is 9.44. The lowest BCUT2D eigenvalue weighted by atomic mass is 9.90. The molecule has 2 nitrogen and oxygen atoms in total. The molecule has 0 amide bonds. The summed E-state index contributed by atoms with van der Waals surface area (Å²) >= 11 is 0. The molecule has 0 bridgehead atoms. The molecule has 2 N–H and O–H groups in total. The SMILES string of the molecule is CC1=C(C2=CC=CCC2)NC([C@@H]2Cc3ccccc3CN2)CCC1. The molecular weight excluding hydrogens is 292 g/mol. The minimum absolute atomic E-state index is 0.526. The third kappa shape index (κ3) is 3.21. The minimum atomic E-state index is 0.526. The van der Waals surface area contributed by atoms with Crippen molar-refractivity contribution in [2.75, 3.05) is 0 Å². The van der Waals surface area contributed by atoms with Crippen LogP contribution in [-0.2, 0) is 13.0 Å². The van der Waals surface area contributed by atoms with Crippen LogP contribution in [0.4, 0.5) is 0 Å². The molecule has 0 saturated heterocycles. The standard InChI is InChI=1S/C22H28N2/c1-16-8-7-13-20(24-22(16)17-9-3-2-4-10-17)21-14-18-11-5-6-12-19(18)15-23-21/h2-3,5-6,9,11-12,20-21,23-24H,4,7-8,10,13-15H2,1H3/t20?,21-/m0/s1. The third-order valence-corrected chi connectivity index (χ3v) is 5.76. The van der Waals surface area contributed by atoms with Crippen LogP contribution in [0.2, 0.25) is 0 Å². The summed E-state index contributed by atoms with van der Waals surface area (Å²) in [7, 11) is 0. The molecule has 0 spiro atoms. The zero-order valence-corrected chi connectivity index (χ0v) is 14.6. The predicted molar refractivity (Wildman–Crippen MR) is 101 cm³/mol. The molecular formula is C22H28N2. The van der Waals surface area contributed by atoms with E-state index in [2.05, 4.69) is 60.1 Å². The van der Waals surface area contributed by atoms with Gasteiger partial charge in [-0.1, -0.05) is 42.5 Å². The average molecular weight is 320 g/mol. The van der Waals surface area contributed by atoms with Gasteiger partial charge in [-0.3, -0.25) is 0 Å². The Bertz CT molecular complexity index is 696. The van der Waals surface area contributed by atoms with E-state index < -0.39 is 0 Å². The maximum Gasteiger partial charge on any atom is 0.0418 e. The number of rotatable bonds is 2. The number of hydrogen-bond acceptors (Lipinski definition) is 2. The van der Waals surface area contributed by atoms with Gasteiger partial charge in [0.2, 0.25) is 0 Å². The highest BCUT2D eigenvalue weighted by atomic mass is 15.0. The maximum atomic E-state index is 3.95. The fraction of sp³-hybridized carbons (Fsp3) is 0.455. The molecule has 1 aromatic carbocycles. The number of fused-ring (bicyclic) bond motifs is 1. The fourth-order valence-electron chi connectivity index (χ4n) is 4.34. The van der Waals surface area contributed by atoms with Crippen LogP contribution < -0.4 is 10.6 Å². The number of hydrogen-bond donors (Lipinski definition) is 2. The Kier molecular flexibility index (Phi) is 4.57. The van der Waals surface area contributed by atoms with Gasteiger partial charge in [0, 0.05) is 24.3 Å². The first kappa shape index (κ1) is 15.7. The maximum absolute atomic E-state index is 3.95. The van der Waals surface area contributed by atoms with Crippen LogP contribution in [0, 0.1) is 0 Å². The number of allylic oxidation sites excluding steroid dienone is 5. The first-order chi connectivity index (χ1) is 11.8. The van der Waals surface area contributed by atoms with E-state index >= 15 is 0 Å². The van der Waals surface area contributed by atoms with Crippen molar-refractivity contribution in [1.29, 1.82) is 0 Å². The average Bonchev–Trinajstić information content (AvgIpc) is 2.84. The van der Waals surface area contributed by atoms with Crippen molar-refractivity contribution in [3.8, 4) is 0 Å². The summed E-state index contributed by atoms with van der Waals surface area (Å²) in [5.74, 6) is 0. The summed E-state index contributed by atoms with van der Waals surface area (Å²) in [6.45, 7) is 3.32. The highest BCUT2D eigenvalue weighted by molar-refractivity contribution is 5.39. The molecule has 0 radical (unpaired) electrons. The molecule has 1 aromatic rings. The Morgan fingerprint density at radius 1 is 1.04 bits per heavy atom. The first-order valence-electron chi connectivity index (χ1n) is 9.44. The van der Waals surface area contributed by atoms with E-state index in [-0.39, 0.29) is 0 Å². The van der Waals surface area contributed by atoms with Crippen LogP contribution in [-0.4, -0.2) is 12.1 Å². The molecule has 0 fully saturated rings. The van der Waals surface area contributed by atoms with E-state index in [1.54, 1.807) is 0 Å². The Morgan fingerprint density at radius 3 is 2.75 bits per heavy atom. The van der Waals surface area contributed by atoms with Gasteiger partial charge in [-0.15, -0.1) is 0 Å². The van der Waals surface area contributed by atoms with Crippen molar-refractivity contribution in [3.63, 3.8) is 0 Å². The van der Waals surface area contributed by atoms with Crippen molar-refractivity contribution < 1.29 is 0 Å². The van der Waals surface area contributed by atoms with Crippen LogP contribution in [0.15, 0.2) is 59.3 Å². The summed E-state index contributed by atoms with van der Waals surface area (Å²) in [5.41, 5.74) is 7.46. The largest absolute Gasteiger partial charge is 0.381 e. The highest BCUT2D eigenvalue weighted by Gasteiger charge is 2.28. The van der Waals surface area contributed by atoms with Crippen LogP contribution in [0.5, 0.6) is 0 Å².